The lowest BCUT2D eigenvalue weighted by atomic mass is 10.1. The zero-order chi connectivity index (χ0) is 13.9. The highest BCUT2D eigenvalue weighted by Crippen LogP contribution is 2.41. The first-order valence-corrected chi connectivity index (χ1v) is 8.77. The molecule has 2 aromatic rings. The first-order valence-electron chi connectivity index (χ1n) is 6.67. The van der Waals surface area contributed by atoms with Gasteiger partial charge in [-0.05, 0) is 0 Å². The molecule has 20 heavy (non-hydrogen) atoms. The number of hydrogen-bond donors (Lipinski definition) is 1. The smallest absolute Gasteiger partial charge is 0.145 e. The molecule has 0 bridgehead atoms. The summed E-state index contributed by atoms with van der Waals surface area (Å²) in [6.45, 7) is 2.25. The van der Waals surface area contributed by atoms with Crippen LogP contribution >= 0.6 is 23.5 Å². The summed E-state index contributed by atoms with van der Waals surface area (Å²) < 4.78 is 0. The Morgan fingerprint density at radius 3 is 2.60 bits per heavy atom. The van der Waals surface area contributed by atoms with Crippen LogP contribution in [0.2, 0.25) is 0 Å². The van der Waals surface area contributed by atoms with Gasteiger partial charge in [-0.25, -0.2) is 9.97 Å². The van der Waals surface area contributed by atoms with E-state index < -0.39 is 0 Å². The van der Waals surface area contributed by atoms with Crippen molar-refractivity contribution in [3.05, 3.63) is 42.2 Å². The number of hydrogen-bond acceptors (Lipinski definition) is 5. The summed E-state index contributed by atoms with van der Waals surface area (Å²) in [5.41, 5.74) is 7.98. The minimum absolute atomic E-state index is 0.333. The summed E-state index contributed by atoms with van der Waals surface area (Å²) >= 11 is 3.92. The molecule has 2 N–H and O–H groups in total. The normalized spacial score (nSPS) is 22.6. The minimum atomic E-state index is 0.333. The number of nitrogens with zero attached hydrogens (tertiary/aromatic N) is 2. The van der Waals surface area contributed by atoms with Gasteiger partial charge in [0.05, 0.1) is 10.9 Å². The van der Waals surface area contributed by atoms with Gasteiger partial charge in [0.2, 0.25) is 0 Å². The molecule has 1 aliphatic heterocycles. The Morgan fingerprint density at radius 1 is 1.10 bits per heavy atom. The third kappa shape index (κ3) is 2.94. The number of thioether (sulfide) groups is 2. The van der Waals surface area contributed by atoms with Gasteiger partial charge in [-0.2, -0.15) is 11.8 Å². The predicted molar refractivity (Wildman–Crippen MR) is 89.0 cm³/mol. The summed E-state index contributed by atoms with van der Waals surface area (Å²) in [4.78, 5) is 9.22. The molecular formula is C15H17N3S2. The molecule has 0 amide bonds. The number of nitrogens with two attached hydrogens (primary N) is 1. The highest BCUT2D eigenvalue weighted by atomic mass is 32.2. The molecule has 1 fully saturated rings. The van der Waals surface area contributed by atoms with E-state index in [9.17, 15) is 0 Å². The average Bonchev–Trinajstić information content (AvgIpc) is 2.48. The van der Waals surface area contributed by atoms with Crippen LogP contribution in [0.4, 0.5) is 5.82 Å². The maximum Gasteiger partial charge on any atom is 0.145 e. The number of aromatic nitrogens is 2. The van der Waals surface area contributed by atoms with Crippen molar-refractivity contribution >= 4 is 29.3 Å². The quantitative estimate of drug-likeness (QED) is 0.918. The average molecular weight is 303 g/mol. The van der Waals surface area contributed by atoms with E-state index >= 15 is 0 Å². The molecule has 1 aromatic heterocycles. The molecule has 1 aliphatic rings. The Labute approximate surface area is 127 Å². The van der Waals surface area contributed by atoms with Crippen LogP contribution < -0.4 is 5.73 Å². The fraction of sp³-hybridized carbons (Fsp3) is 0.333. The van der Waals surface area contributed by atoms with E-state index in [0.29, 0.717) is 16.3 Å². The largest absolute Gasteiger partial charge is 0.384 e. The van der Waals surface area contributed by atoms with Crippen LogP contribution in [-0.2, 0) is 0 Å². The summed E-state index contributed by atoms with van der Waals surface area (Å²) in [7, 11) is 0. The third-order valence-corrected chi connectivity index (χ3v) is 6.36. The zero-order valence-corrected chi connectivity index (χ0v) is 13.0. The molecule has 2 heterocycles. The number of nitrogen functional groups attached to an aromatic ring is 1. The van der Waals surface area contributed by atoms with E-state index in [1.807, 2.05) is 47.8 Å². The highest BCUT2D eigenvalue weighted by molar-refractivity contribution is 8.06. The SMILES string of the molecule is CC1SCCSC1c1nc(N)cc(-c2ccccc2)n1. The van der Waals surface area contributed by atoms with E-state index in [1.165, 1.54) is 5.75 Å². The van der Waals surface area contributed by atoms with Crippen molar-refractivity contribution in [1.82, 2.24) is 9.97 Å². The van der Waals surface area contributed by atoms with E-state index in [4.69, 9.17) is 10.7 Å². The highest BCUT2D eigenvalue weighted by Gasteiger charge is 2.27. The Balaban J connectivity index is 1.98. The fourth-order valence-electron chi connectivity index (χ4n) is 2.29. The van der Waals surface area contributed by atoms with Gasteiger partial charge in [0, 0.05) is 28.4 Å². The molecule has 0 radical (unpaired) electrons. The molecule has 0 saturated carbocycles. The molecule has 1 saturated heterocycles. The molecule has 1 aromatic carbocycles. The molecular weight excluding hydrogens is 286 g/mol. The molecule has 5 heteroatoms. The molecule has 104 valence electrons. The molecule has 0 spiro atoms. The maximum atomic E-state index is 5.98. The van der Waals surface area contributed by atoms with Gasteiger partial charge < -0.3 is 5.73 Å². The summed E-state index contributed by atoms with van der Waals surface area (Å²) in [5, 5.41) is 0.860. The van der Waals surface area contributed by atoms with Gasteiger partial charge in [-0.15, -0.1) is 11.8 Å². The summed E-state index contributed by atoms with van der Waals surface area (Å²) in [5.74, 6) is 3.78. The lowest BCUT2D eigenvalue weighted by Gasteiger charge is -2.26. The monoisotopic (exact) mass is 303 g/mol. The maximum absolute atomic E-state index is 5.98. The van der Waals surface area contributed by atoms with E-state index in [0.717, 1.165) is 22.8 Å². The van der Waals surface area contributed by atoms with Crippen molar-refractivity contribution in [3.8, 4) is 11.3 Å². The second-order valence-electron chi connectivity index (χ2n) is 4.77. The summed E-state index contributed by atoms with van der Waals surface area (Å²) in [6, 6.07) is 12.0. The second kappa shape index (κ2) is 6.06. The van der Waals surface area contributed by atoms with Crippen LogP contribution in [0.3, 0.4) is 0 Å². The van der Waals surface area contributed by atoms with Crippen LogP contribution in [-0.4, -0.2) is 26.7 Å². The van der Waals surface area contributed by atoms with E-state index in [1.54, 1.807) is 0 Å². The van der Waals surface area contributed by atoms with Crippen LogP contribution in [0, 0.1) is 0 Å². The van der Waals surface area contributed by atoms with E-state index in [-0.39, 0.29) is 0 Å². The molecule has 2 atom stereocenters. The molecule has 0 aliphatic carbocycles. The van der Waals surface area contributed by atoms with Crippen LogP contribution in [0.5, 0.6) is 0 Å². The Kier molecular flexibility index (Phi) is 4.17. The van der Waals surface area contributed by atoms with Gasteiger partial charge >= 0.3 is 0 Å². The molecule has 2 unspecified atom stereocenters. The standard InChI is InChI=1S/C15H17N3S2/c1-10-14(20-8-7-19-10)15-17-12(9-13(16)18-15)11-5-3-2-4-6-11/h2-6,9-10,14H,7-8H2,1H3,(H2,16,17,18). The zero-order valence-electron chi connectivity index (χ0n) is 11.3. The topological polar surface area (TPSA) is 51.8 Å². The van der Waals surface area contributed by atoms with Crippen LogP contribution in [0.25, 0.3) is 11.3 Å². The molecule has 3 nitrogen and oxygen atoms in total. The van der Waals surface area contributed by atoms with Gasteiger partial charge in [0.1, 0.15) is 11.6 Å². The minimum Gasteiger partial charge on any atom is -0.384 e. The second-order valence-corrected chi connectivity index (χ2v) is 7.50. The molecule has 3 rings (SSSR count). The van der Waals surface area contributed by atoms with Crippen molar-refractivity contribution in [3.63, 3.8) is 0 Å². The van der Waals surface area contributed by atoms with Crippen molar-refractivity contribution in [1.29, 1.82) is 0 Å². The Hall–Kier alpha value is -1.20. The van der Waals surface area contributed by atoms with Crippen molar-refractivity contribution in [2.24, 2.45) is 0 Å². The van der Waals surface area contributed by atoms with Crippen LogP contribution in [0.1, 0.15) is 18.0 Å². The Bertz CT molecular complexity index is 589. The van der Waals surface area contributed by atoms with Crippen LogP contribution in [0.15, 0.2) is 36.4 Å². The predicted octanol–water partition coefficient (Wildman–Crippen LogP) is 3.64. The van der Waals surface area contributed by atoms with Gasteiger partial charge in [0.15, 0.2) is 0 Å². The first kappa shape index (κ1) is 13.8. The van der Waals surface area contributed by atoms with E-state index in [2.05, 4.69) is 24.0 Å². The number of benzene rings is 1. The van der Waals surface area contributed by atoms with Gasteiger partial charge in [-0.1, -0.05) is 37.3 Å². The van der Waals surface area contributed by atoms with Crippen molar-refractivity contribution in [2.75, 3.05) is 17.2 Å². The number of rotatable bonds is 2. The first-order chi connectivity index (χ1) is 9.74. The fourth-order valence-corrected chi connectivity index (χ4v) is 4.97. The number of anilines is 1. The third-order valence-electron chi connectivity index (χ3n) is 3.28. The van der Waals surface area contributed by atoms with Crippen molar-refractivity contribution in [2.45, 2.75) is 17.4 Å². The lowest BCUT2D eigenvalue weighted by Crippen LogP contribution is -2.18. The van der Waals surface area contributed by atoms with Gasteiger partial charge in [0.25, 0.3) is 0 Å². The van der Waals surface area contributed by atoms with Crippen molar-refractivity contribution < 1.29 is 0 Å². The lowest BCUT2D eigenvalue weighted by molar-refractivity contribution is 0.828. The summed E-state index contributed by atoms with van der Waals surface area (Å²) in [6.07, 6.45) is 0. The van der Waals surface area contributed by atoms with Gasteiger partial charge in [-0.3, -0.25) is 0 Å². The Morgan fingerprint density at radius 2 is 1.85 bits per heavy atom.